The van der Waals surface area contributed by atoms with Crippen LogP contribution >= 0.6 is 0 Å². The highest BCUT2D eigenvalue weighted by atomic mass is 15.2. The lowest BCUT2D eigenvalue weighted by atomic mass is 9.95. The largest absolute Gasteiger partial charge is 0.313 e. The Morgan fingerprint density at radius 2 is 1.73 bits per heavy atom. The lowest BCUT2D eigenvalue weighted by Gasteiger charge is -2.42. The van der Waals surface area contributed by atoms with E-state index in [0.29, 0.717) is 17.6 Å². The van der Waals surface area contributed by atoms with E-state index in [1.165, 1.54) is 12.8 Å². The summed E-state index contributed by atoms with van der Waals surface area (Å²) >= 11 is 0. The van der Waals surface area contributed by atoms with Crippen molar-refractivity contribution in [1.29, 1.82) is 0 Å². The molecule has 92 valence electrons. The molecule has 0 spiro atoms. The van der Waals surface area contributed by atoms with Crippen LogP contribution in [0, 0.1) is 0 Å². The fourth-order valence-corrected chi connectivity index (χ4v) is 1.99. The molecule has 0 heterocycles. The van der Waals surface area contributed by atoms with Crippen LogP contribution in [0.3, 0.4) is 0 Å². The van der Waals surface area contributed by atoms with Crippen LogP contribution in [0.25, 0.3) is 0 Å². The molecule has 15 heavy (non-hydrogen) atoms. The van der Waals surface area contributed by atoms with Crippen molar-refractivity contribution in [2.75, 3.05) is 13.6 Å². The number of hydrogen-bond acceptors (Lipinski definition) is 2. The SMILES string of the molecule is CCNC(CC)C(C)N(C)C(C)(C)CC. The molecule has 1 N–H and O–H groups in total. The monoisotopic (exact) mass is 214 g/mol. The highest BCUT2D eigenvalue weighted by Gasteiger charge is 2.28. The first-order valence-corrected chi connectivity index (χ1v) is 6.37. The van der Waals surface area contributed by atoms with Gasteiger partial charge in [0.25, 0.3) is 0 Å². The minimum absolute atomic E-state index is 0.294. The molecule has 0 amide bonds. The first kappa shape index (κ1) is 14.9. The Morgan fingerprint density at radius 3 is 2.07 bits per heavy atom. The number of nitrogens with zero attached hydrogens (tertiary/aromatic N) is 1. The van der Waals surface area contributed by atoms with E-state index in [-0.39, 0.29) is 0 Å². The Bertz CT molecular complexity index is 166. The van der Waals surface area contributed by atoms with Gasteiger partial charge in [-0.2, -0.15) is 0 Å². The van der Waals surface area contributed by atoms with Crippen molar-refractivity contribution in [1.82, 2.24) is 10.2 Å². The molecule has 0 aliphatic rings. The second-order valence-electron chi connectivity index (χ2n) is 5.09. The summed E-state index contributed by atoms with van der Waals surface area (Å²) in [6, 6.07) is 1.19. The van der Waals surface area contributed by atoms with E-state index in [1.807, 2.05) is 0 Å². The molecule has 0 bridgehead atoms. The Morgan fingerprint density at radius 1 is 1.20 bits per heavy atom. The minimum atomic E-state index is 0.294. The Labute approximate surface area is 96.4 Å². The second-order valence-corrected chi connectivity index (χ2v) is 5.09. The lowest BCUT2D eigenvalue weighted by molar-refractivity contribution is 0.0827. The van der Waals surface area contributed by atoms with E-state index in [0.717, 1.165) is 6.54 Å². The first-order valence-electron chi connectivity index (χ1n) is 6.37. The van der Waals surface area contributed by atoms with E-state index >= 15 is 0 Å². The van der Waals surface area contributed by atoms with Crippen LogP contribution in [0.15, 0.2) is 0 Å². The molecule has 2 heteroatoms. The lowest BCUT2D eigenvalue weighted by Crippen LogP contribution is -2.54. The van der Waals surface area contributed by atoms with E-state index in [4.69, 9.17) is 0 Å². The summed E-state index contributed by atoms with van der Waals surface area (Å²) in [6.45, 7) is 14.7. The maximum Gasteiger partial charge on any atom is 0.0223 e. The van der Waals surface area contributed by atoms with Crippen LogP contribution in [-0.2, 0) is 0 Å². The average Bonchev–Trinajstić information content (AvgIpc) is 2.23. The molecule has 0 aromatic rings. The van der Waals surface area contributed by atoms with Crippen LogP contribution < -0.4 is 5.32 Å². The molecule has 0 aliphatic heterocycles. The predicted octanol–water partition coefficient (Wildman–Crippen LogP) is 2.88. The van der Waals surface area contributed by atoms with Gasteiger partial charge in [0.1, 0.15) is 0 Å². The van der Waals surface area contributed by atoms with E-state index in [1.54, 1.807) is 0 Å². The number of rotatable bonds is 7. The average molecular weight is 214 g/mol. The molecule has 0 saturated carbocycles. The van der Waals surface area contributed by atoms with Crippen LogP contribution in [0.2, 0.25) is 0 Å². The molecule has 0 radical (unpaired) electrons. The van der Waals surface area contributed by atoms with Gasteiger partial charge in [0, 0.05) is 17.6 Å². The molecule has 2 unspecified atom stereocenters. The third-order valence-electron chi connectivity index (χ3n) is 3.92. The van der Waals surface area contributed by atoms with Crippen molar-refractivity contribution < 1.29 is 0 Å². The van der Waals surface area contributed by atoms with Crippen molar-refractivity contribution in [3.8, 4) is 0 Å². The molecule has 0 aliphatic carbocycles. The van der Waals surface area contributed by atoms with Crippen LogP contribution in [0.1, 0.15) is 54.4 Å². The molecule has 0 fully saturated rings. The summed E-state index contributed by atoms with van der Waals surface area (Å²) in [6.07, 6.45) is 2.38. The van der Waals surface area contributed by atoms with Crippen LogP contribution in [0.4, 0.5) is 0 Å². The van der Waals surface area contributed by atoms with Crippen molar-refractivity contribution in [3.05, 3.63) is 0 Å². The number of hydrogen-bond donors (Lipinski definition) is 1. The van der Waals surface area contributed by atoms with Gasteiger partial charge >= 0.3 is 0 Å². The van der Waals surface area contributed by atoms with Gasteiger partial charge in [-0.3, -0.25) is 4.90 Å². The van der Waals surface area contributed by atoms with Gasteiger partial charge in [0.2, 0.25) is 0 Å². The standard InChI is InChI=1S/C13H30N2/c1-8-12(14-10-3)11(4)15(7)13(5,6)9-2/h11-12,14H,8-10H2,1-7H3. The maximum absolute atomic E-state index is 3.57. The zero-order valence-corrected chi connectivity index (χ0v) is 11.7. The van der Waals surface area contributed by atoms with Gasteiger partial charge in [-0.15, -0.1) is 0 Å². The molecule has 0 aromatic carbocycles. The van der Waals surface area contributed by atoms with Gasteiger partial charge < -0.3 is 5.32 Å². The van der Waals surface area contributed by atoms with Crippen LogP contribution in [0.5, 0.6) is 0 Å². The topological polar surface area (TPSA) is 15.3 Å². The Hall–Kier alpha value is -0.0800. The van der Waals surface area contributed by atoms with Crippen molar-refractivity contribution >= 4 is 0 Å². The highest BCUT2D eigenvalue weighted by molar-refractivity contribution is 4.87. The van der Waals surface area contributed by atoms with Gasteiger partial charge in [0.15, 0.2) is 0 Å². The fraction of sp³-hybridized carbons (Fsp3) is 1.00. The smallest absolute Gasteiger partial charge is 0.0223 e. The van der Waals surface area contributed by atoms with Crippen LogP contribution in [-0.4, -0.2) is 36.1 Å². The van der Waals surface area contributed by atoms with Crippen molar-refractivity contribution in [3.63, 3.8) is 0 Å². The van der Waals surface area contributed by atoms with E-state index in [2.05, 4.69) is 58.8 Å². The maximum atomic E-state index is 3.57. The first-order chi connectivity index (χ1) is 6.90. The molecule has 0 rings (SSSR count). The Kier molecular flexibility index (Phi) is 6.46. The normalized spacial score (nSPS) is 16.8. The minimum Gasteiger partial charge on any atom is -0.313 e. The zero-order valence-electron chi connectivity index (χ0n) is 11.7. The van der Waals surface area contributed by atoms with Gasteiger partial charge in [-0.25, -0.2) is 0 Å². The third-order valence-corrected chi connectivity index (χ3v) is 3.92. The summed E-state index contributed by atoms with van der Waals surface area (Å²) < 4.78 is 0. The van der Waals surface area contributed by atoms with Gasteiger partial charge in [-0.1, -0.05) is 20.8 Å². The van der Waals surface area contributed by atoms with Crippen molar-refractivity contribution in [2.45, 2.75) is 72.0 Å². The summed E-state index contributed by atoms with van der Waals surface area (Å²) in [5.74, 6) is 0. The molecular weight excluding hydrogens is 184 g/mol. The molecule has 2 nitrogen and oxygen atoms in total. The van der Waals surface area contributed by atoms with E-state index in [9.17, 15) is 0 Å². The molecule has 0 aromatic heterocycles. The highest BCUT2D eigenvalue weighted by Crippen LogP contribution is 2.21. The number of nitrogens with one attached hydrogen (secondary N) is 1. The van der Waals surface area contributed by atoms with Crippen molar-refractivity contribution in [2.24, 2.45) is 0 Å². The van der Waals surface area contributed by atoms with Gasteiger partial charge in [-0.05, 0) is 47.2 Å². The summed E-state index contributed by atoms with van der Waals surface area (Å²) in [4.78, 5) is 2.50. The quantitative estimate of drug-likeness (QED) is 0.701. The second kappa shape index (κ2) is 6.49. The predicted molar refractivity (Wildman–Crippen MR) is 69.4 cm³/mol. The van der Waals surface area contributed by atoms with Gasteiger partial charge in [0.05, 0.1) is 0 Å². The fourth-order valence-electron chi connectivity index (χ4n) is 1.99. The zero-order chi connectivity index (χ0) is 12.1. The Balaban J connectivity index is 4.45. The summed E-state index contributed by atoms with van der Waals surface area (Å²) in [5, 5.41) is 3.57. The summed E-state index contributed by atoms with van der Waals surface area (Å²) in [7, 11) is 2.24. The van der Waals surface area contributed by atoms with E-state index < -0.39 is 0 Å². The summed E-state index contributed by atoms with van der Waals surface area (Å²) in [5.41, 5.74) is 0.294. The number of likely N-dealkylation sites (N-methyl/N-ethyl adjacent to an activating group) is 2. The molecule has 0 saturated heterocycles. The molecule has 2 atom stereocenters. The molecular formula is C13H30N2. The third kappa shape index (κ3) is 4.12.